The van der Waals surface area contributed by atoms with E-state index in [9.17, 15) is 10.2 Å². The summed E-state index contributed by atoms with van der Waals surface area (Å²) in [6, 6.07) is 5.07. The molecule has 3 N–H and O–H groups in total. The molecule has 0 aromatic heterocycles. The standard InChI is InChI=1S/C16H23Cl2NO2/c1-11-4-6-16(10-20,7-5-11)19-9-15(21)13-8-12(17)2-3-14(13)18/h2-3,8,11,15,19-21H,4-7,9-10H2,1H3. The van der Waals surface area contributed by atoms with Gasteiger partial charge in [0.25, 0.3) is 0 Å². The van der Waals surface area contributed by atoms with E-state index in [1.807, 2.05) is 0 Å². The topological polar surface area (TPSA) is 52.5 Å². The van der Waals surface area contributed by atoms with Crippen LogP contribution in [-0.4, -0.2) is 28.9 Å². The maximum atomic E-state index is 10.3. The lowest BCUT2D eigenvalue weighted by Crippen LogP contribution is -2.52. The molecule has 3 nitrogen and oxygen atoms in total. The number of nitrogens with one attached hydrogen (secondary N) is 1. The summed E-state index contributed by atoms with van der Waals surface area (Å²) in [5.74, 6) is 0.707. The molecule has 1 aromatic carbocycles. The molecule has 1 aromatic rings. The molecule has 0 bridgehead atoms. The number of aliphatic hydroxyl groups excluding tert-OH is 2. The second-order valence-electron chi connectivity index (χ2n) is 6.18. The first kappa shape index (κ1) is 17.0. The lowest BCUT2D eigenvalue weighted by atomic mass is 9.77. The Kier molecular flexibility index (Phi) is 5.92. The van der Waals surface area contributed by atoms with Crippen LogP contribution >= 0.6 is 23.2 Å². The summed E-state index contributed by atoms with van der Waals surface area (Å²) in [7, 11) is 0. The van der Waals surface area contributed by atoms with Gasteiger partial charge in [-0.25, -0.2) is 0 Å². The van der Waals surface area contributed by atoms with Gasteiger partial charge >= 0.3 is 0 Å². The predicted octanol–water partition coefficient (Wildman–Crippen LogP) is 3.56. The molecule has 1 fully saturated rings. The van der Waals surface area contributed by atoms with Gasteiger partial charge in [-0.2, -0.15) is 0 Å². The second-order valence-corrected chi connectivity index (χ2v) is 7.03. The molecule has 0 heterocycles. The van der Waals surface area contributed by atoms with Crippen LogP contribution in [0.25, 0.3) is 0 Å². The van der Waals surface area contributed by atoms with E-state index in [2.05, 4.69) is 12.2 Å². The molecule has 1 aliphatic rings. The van der Waals surface area contributed by atoms with Gasteiger partial charge in [0.15, 0.2) is 0 Å². The van der Waals surface area contributed by atoms with Crippen LogP contribution in [0, 0.1) is 5.92 Å². The number of hydrogen-bond acceptors (Lipinski definition) is 3. The Bertz CT molecular complexity index is 473. The van der Waals surface area contributed by atoms with Crippen LogP contribution in [0.1, 0.15) is 44.3 Å². The number of halogens is 2. The normalized spacial score (nSPS) is 27.6. The van der Waals surface area contributed by atoms with E-state index in [-0.39, 0.29) is 12.1 Å². The van der Waals surface area contributed by atoms with E-state index >= 15 is 0 Å². The van der Waals surface area contributed by atoms with Gasteiger partial charge in [0.1, 0.15) is 0 Å². The van der Waals surface area contributed by atoms with Crippen molar-refractivity contribution in [3.8, 4) is 0 Å². The maximum absolute atomic E-state index is 10.3. The van der Waals surface area contributed by atoms with Gasteiger partial charge in [-0.05, 0) is 49.8 Å². The molecule has 118 valence electrons. The van der Waals surface area contributed by atoms with Gasteiger partial charge in [-0.3, -0.25) is 0 Å². The van der Waals surface area contributed by atoms with Crippen LogP contribution in [0.4, 0.5) is 0 Å². The summed E-state index contributed by atoms with van der Waals surface area (Å²) in [5, 5.41) is 24.5. The van der Waals surface area contributed by atoms with Gasteiger partial charge in [0, 0.05) is 27.7 Å². The quantitative estimate of drug-likeness (QED) is 0.773. The van der Waals surface area contributed by atoms with Gasteiger partial charge in [-0.15, -0.1) is 0 Å². The van der Waals surface area contributed by atoms with Gasteiger partial charge in [0.2, 0.25) is 0 Å². The average Bonchev–Trinajstić information content (AvgIpc) is 2.49. The van der Waals surface area contributed by atoms with Gasteiger partial charge in [0.05, 0.1) is 12.7 Å². The molecule has 21 heavy (non-hydrogen) atoms. The number of aliphatic hydroxyl groups is 2. The van der Waals surface area contributed by atoms with Crippen LogP contribution in [0.5, 0.6) is 0 Å². The molecule has 5 heteroatoms. The van der Waals surface area contributed by atoms with Crippen LogP contribution in [0.2, 0.25) is 10.0 Å². The van der Waals surface area contributed by atoms with Crippen molar-refractivity contribution >= 4 is 23.2 Å². The minimum Gasteiger partial charge on any atom is -0.394 e. The molecule has 0 aliphatic heterocycles. The lowest BCUT2D eigenvalue weighted by molar-refractivity contribution is 0.0837. The van der Waals surface area contributed by atoms with Crippen LogP contribution in [0.3, 0.4) is 0 Å². The fourth-order valence-corrected chi connectivity index (χ4v) is 3.32. The maximum Gasteiger partial charge on any atom is 0.0929 e. The third-order valence-corrected chi connectivity index (χ3v) is 5.10. The third-order valence-electron chi connectivity index (χ3n) is 4.52. The molecule has 1 unspecified atom stereocenters. The highest BCUT2D eigenvalue weighted by atomic mass is 35.5. The Morgan fingerprint density at radius 3 is 2.62 bits per heavy atom. The molecular formula is C16H23Cl2NO2. The van der Waals surface area contributed by atoms with Crippen LogP contribution in [-0.2, 0) is 0 Å². The first-order valence-electron chi connectivity index (χ1n) is 7.45. The highest BCUT2D eigenvalue weighted by molar-refractivity contribution is 6.33. The van der Waals surface area contributed by atoms with Crippen molar-refractivity contribution in [1.82, 2.24) is 5.32 Å². The smallest absolute Gasteiger partial charge is 0.0929 e. The lowest BCUT2D eigenvalue weighted by Gasteiger charge is -2.39. The highest BCUT2D eigenvalue weighted by Gasteiger charge is 2.33. The highest BCUT2D eigenvalue weighted by Crippen LogP contribution is 2.32. The van der Waals surface area contributed by atoms with Crippen molar-refractivity contribution in [1.29, 1.82) is 0 Å². The number of rotatable bonds is 5. The Hall–Kier alpha value is -0.320. The molecule has 0 saturated heterocycles. The van der Waals surface area contributed by atoms with Crippen LogP contribution < -0.4 is 5.32 Å². The van der Waals surface area contributed by atoms with Crippen molar-refractivity contribution in [2.24, 2.45) is 5.92 Å². The Labute approximate surface area is 136 Å². The first-order valence-corrected chi connectivity index (χ1v) is 8.20. The zero-order chi connectivity index (χ0) is 15.5. The predicted molar refractivity (Wildman–Crippen MR) is 86.9 cm³/mol. The van der Waals surface area contributed by atoms with Crippen molar-refractivity contribution < 1.29 is 10.2 Å². The first-order chi connectivity index (χ1) is 9.96. The molecule has 0 radical (unpaired) electrons. The van der Waals surface area contributed by atoms with Crippen molar-refractivity contribution in [2.75, 3.05) is 13.2 Å². The zero-order valence-corrected chi connectivity index (χ0v) is 13.8. The largest absolute Gasteiger partial charge is 0.394 e. The number of hydrogen-bond donors (Lipinski definition) is 3. The Balaban J connectivity index is 1.99. The molecule has 2 rings (SSSR count). The fraction of sp³-hybridized carbons (Fsp3) is 0.625. The fourth-order valence-electron chi connectivity index (χ4n) is 2.90. The Morgan fingerprint density at radius 1 is 1.33 bits per heavy atom. The summed E-state index contributed by atoms with van der Waals surface area (Å²) in [6.07, 6.45) is 3.32. The third kappa shape index (κ3) is 4.33. The summed E-state index contributed by atoms with van der Waals surface area (Å²) < 4.78 is 0. The molecular weight excluding hydrogens is 309 g/mol. The second kappa shape index (κ2) is 7.30. The molecule has 1 atom stereocenters. The average molecular weight is 332 g/mol. The van der Waals surface area contributed by atoms with E-state index in [0.717, 1.165) is 25.7 Å². The van der Waals surface area contributed by atoms with E-state index in [1.165, 1.54) is 0 Å². The van der Waals surface area contributed by atoms with E-state index in [4.69, 9.17) is 23.2 Å². The Morgan fingerprint density at radius 2 is 2.00 bits per heavy atom. The van der Waals surface area contributed by atoms with Gasteiger partial charge < -0.3 is 15.5 Å². The minimum absolute atomic E-state index is 0.0930. The van der Waals surface area contributed by atoms with Crippen molar-refractivity contribution in [2.45, 2.75) is 44.2 Å². The zero-order valence-electron chi connectivity index (χ0n) is 12.3. The van der Waals surface area contributed by atoms with Crippen molar-refractivity contribution in [3.63, 3.8) is 0 Å². The number of β-amino-alcohol motifs (C(OH)–C–C–N with tert-alkyl or cyclic N) is 1. The van der Waals surface area contributed by atoms with E-state index in [0.29, 0.717) is 28.1 Å². The van der Waals surface area contributed by atoms with E-state index < -0.39 is 6.10 Å². The summed E-state index contributed by atoms with van der Waals surface area (Å²) in [4.78, 5) is 0. The monoisotopic (exact) mass is 331 g/mol. The summed E-state index contributed by atoms with van der Waals surface area (Å²) >= 11 is 12.1. The summed E-state index contributed by atoms with van der Waals surface area (Å²) in [6.45, 7) is 2.69. The van der Waals surface area contributed by atoms with E-state index in [1.54, 1.807) is 18.2 Å². The molecule has 1 saturated carbocycles. The number of benzene rings is 1. The minimum atomic E-state index is -0.737. The summed E-state index contributed by atoms with van der Waals surface area (Å²) in [5.41, 5.74) is 0.340. The van der Waals surface area contributed by atoms with Crippen molar-refractivity contribution in [3.05, 3.63) is 33.8 Å². The molecule has 0 spiro atoms. The van der Waals surface area contributed by atoms with Crippen LogP contribution in [0.15, 0.2) is 18.2 Å². The SMILES string of the molecule is CC1CCC(CO)(NCC(O)c2cc(Cl)ccc2Cl)CC1. The van der Waals surface area contributed by atoms with Gasteiger partial charge in [-0.1, -0.05) is 30.1 Å². The molecule has 0 amide bonds. The molecule has 1 aliphatic carbocycles.